The molecule has 0 aliphatic heterocycles. The summed E-state index contributed by atoms with van der Waals surface area (Å²) in [7, 11) is 0. The van der Waals surface area contributed by atoms with Crippen molar-refractivity contribution in [1.82, 2.24) is 9.97 Å². The summed E-state index contributed by atoms with van der Waals surface area (Å²) < 4.78 is 5.67. The first kappa shape index (κ1) is 19.2. The fourth-order valence-electron chi connectivity index (χ4n) is 1.74. The smallest absolute Gasteiger partial charge is 0.302 e. The molecule has 23 heavy (non-hydrogen) atoms. The normalized spacial score (nSPS) is 9.70. The van der Waals surface area contributed by atoms with Crippen LogP contribution in [0.1, 0.15) is 12.6 Å². The van der Waals surface area contributed by atoms with Gasteiger partial charge in [0, 0.05) is 12.6 Å². The topological polar surface area (TPSA) is 76.1 Å². The lowest BCUT2D eigenvalue weighted by Gasteiger charge is -2.12. The molecule has 2 N–H and O–H groups in total. The van der Waals surface area contributed by atoms with Gasteiger partial charge in [0.2, 0.25) is 5.95 Å². The average Bonchev–Trinajstić information content (AvgIpc) is 2.49. The number of aryl methyl sites for hydroxylation is 1. The molecule has 0 fully saturated rings. The molecule has 0 aliphatic carbocycles. The number of carbonyl (C=O) groups excluding carboxylic acids is 1. The Morgan fingerprint density at radius 1 is 1.26 bits per heavy atom. The molecule has 8 heteroatoms. The highest BCUT2D eigenvalue weighted by Gasteiger charge is 2.09. The van der Waals surface area contributed by atoms with Gasteiger partial charge in [-0.2, -0.15) is 4.98 Å². The lowest BCUT2D eigenvalue weighted by Crippen LogP contribution is -2.14. The number of halogens is 2. The summed E-state index contributed by atoms with van der Waals surface area (Å²) in [6.45, 7) is 3.99. The maximum absolute atomic E-state index is 10.7. The van der Waals surface area contributed by atoms with Crippen LogP contribution in [-0.2, 0) is 9.53 Å². The van der Waals surface area contributed by atoms with E-state index in [0.717, 1.165) is 15.9 Å². The summed E-state index contributed by atoms with van der Waals surface area (Å²) in [5.41, 5.74) is 1.75. The number of nitrogens with zero attached hydrogens (tertiary/aromatic N) is 2. The fraction of sp³-hybridized carbons (Fsp3) is 0.267. The number of benzene rings is 1. The molecular weight excluding hydrogens is 384 g/mol. The number of carbonyl (C=O) groups is 1. The molecule has 0 saturated heterocycles. The number of esters is 1. The number of anilines is 3. The van der Waals surface area contributed by atoms with Crippen LogP contribution in [0.15, 0.2) is 34.8 Å². The van der Waals surface area contributed by atoms with E-state index in [2.05, 4.69) is 36.5 Å². The third-order valence-corrected chi connectivity index (χ3v) is 3.69. The zero-order valence-electron chi connectivity index (χ0n) is 12.8. The van der Waals surface area contributed by atoms with Crippen molar-refractivity contribution in [3.63, 3.8) is 0 Å². The van der Waals surface area contributed by atoms with Crippen LogP contribution >= 0.6 is 28.3 Å². The van der Waals surface area contributed by atoms with Crippen LogP contribution < -0.4 is 10.6 Å². The molecule has 0 amide bonds. The molecule has 0 saturated carbocycles. The first-order valence-corrected chi connectivity index (χ1v) is 7.59. The SMILES string of the molecule is CC(=O)OCCNc1nc(C)c(Br)c(Nc2ccccc2)n1.Cl. The average molecular weight is 402 g/mol. The number of rotatable bonds is 6. The molecule has 2 aromatic rings. The van der Waals surface area contributed by atoms with Gasteiger partial charge in [0.05, 0.1) is 16.7 Å². The van der Waals surface area contributed by atoms with Gasteiger partial charge in [-0.05, 0) is 35.0 Å². The maximum Gasteiger partial charge on any atom is 0.302 e. The second kappa shape index (κ2) is 9.32. The highest BCUT2D eigenvalue weighted by Crippen LogP contribution is 2.27. The van der Waals surface area contributed by atoms with Crippen molar-refractivity contribution in [2.75, 3.05) is 23.8 Å². The number of ether oxygens (including phenoxy) is 1. The van der Waals surface area contributed by atoms with Crippen LogP contribution in [0, 0.1) is 6.92 Å². The van der Waals surface area contributed by atoms with E-state index in [4.69, 9.17) is 4.74 Å². The first-order valence-electron chi connectivity index (χ1n) is 6.79. The van der Waals surface area contributed by atoms with E-state index in [1.54, 1.807) is 0 Å². The second-order valence-corrected chi connectivity index (χ2v) is 5.35. The van der Waals surface area contributed by atoms with Crippen molar-refractivity contribution >= 4 is 51.8 Å². The summed E-state index contributed by atoms with van der Waals surface area (Å²) in [4.78, 5) is 19.5. The van der Waals surface area contributed by atoms with Crippen molar-refractivity contribution in [2.45, 2.75) is 13.8 Å². The van der Waals surface area contributed by atoms with Crippen LogP contribution in [0.2, 0.25) is 0 Å². The third kappa shape index (κ3) is 6.03. The predicted octanol–water partition coefficient (Wildman–Crippen LogP) is 3.69. The molecule has 0 radical (unpaired) electrons. The first-order chi connectivity index (χ1) is 10.6. The van der Waals surface area contributed by atoms with Crippen molar-refractivity contribution in [3.8, 4) is 0 Å². The monoisotopic (exact) mass is 400 g/mol. The Labute approximate surface area is 149 Å². The van der Waals surface area contributed by atoms with Crippen LogP contribution in [0.5, 0.6) is 0 Å². The largest absolute Gasteiger partial charge is 0.464 e. The van der Waals surface area contributed by atoms with Gasteiger partial charge in [-0.15, -0.1) is 12.4 Å². The zero-order valence-corrected chi connectivity index (χ0v) is 15.2. The molecule has 0 bridgehead atoms. The van der Waals surface area contributed by atoms with Crippen molar-refractivity contribution in [3.05, 3.63) is 40.5 Å². The summed E-state index contributed by atoms with van der Waals surface area (Å²) in [6.07, 6.45) is 0. The van der Waals surface area contributed by atoms with Crippen molar-refractivity contribution in [1.29, 1.82) is 0 Å². The van der Waals surface area contributed by atoms with Gasteiger partial charge in [-0.1, -0.05) is 18.2 Å². The molecule has 1 aromatic carbocycles. The van der Waals surface area contributed by atoms with E-state index in [1.807, 2.05) is 37.3 Å². The van der Waals surface area contributed by atoms with Gasteiger partial charge in [-0.25, -0.2) is 4.98 Å². The Morgan fingerprint density at radius 2 is 1.96 bits per heavy atom. The molecule has 0 unspecified atom stereocenters. The van der Waals surface area contributed by atoms with Crippen molar-refractivity contribution in [2.24, 2.45) is 0 Å². The molecule has 2 rings (SSSR count). The minimum Gasteiger partial charge on any atom is -0.464 e. The Balaban J connectivity index is 0.00000264. The van der Waals surface area contributed by atoms with E-state index < -0.39 is 0 Å². The van der Waals surface area contributed by atoms with E-state index in [9.17, 15) is 4.79 Å². The highest BCUT2D eigenvalue weighted by atomic mass is 79.9. The Hall–Kier alpha value is -1.86. The predicted molar refractivity (Wildman–Crippen MR) is 96.6 cm³/mol. The highest BCUT2D eigenvalue weighted by molar-refractivity contribution is 9.10. The summed E-state index contributed by atoms with van der Waals surface area (Å²) in [6, 6.07) is 9.76. The summed E-state index contributed by atoms with van der Waals surface area (Å²) >= 11 is 3.49. The van der Waals surface area contributed by atoms with Gasteiger partial charge >= 0.3 is 5.97 Å². The molecule has 124 valence electrons. The third-order valence-electron chi connectivity index (χ3n) is 2.74. The molecule has 1 aromatic heterocycles. The van der Waals surface area contributed by atoms with Crippen LogP contribution in [0.25, 0.3) is 0 Å². The van der Waals surface area contributed by atoms with Gasteiger partial charge in [0.15, 0.2) is 5.82 Å². The minimum atomic E-state index is -0.305. The lowest BCUT2D eigenvalue weighted by molar-refractivity contribution is -0.140. The van der Waals surface area contributed by atoms with E-state index in [-0.39, 0.29) is 25.0 Å². The van der Waals surface area contributed by atoms with Gasteiger partial charge in [0.25, 0.3) is 0 Å². The number of hydrogen-bond donors (Lipinski definition) is 2. The molecule has 0 atom stereocenters. The molecule has 1 heterocycles. The second-order valence-electron chi connectivity index (χ2n) is 4.55. The van der Waals surface area contributed by atoms with E-state index >= 15 is 0 Å². The molecule has 0 aliphatic rings. The van der Waals surface area contributed by atoms with E-state index in [0.29, 0.717) is 18.3 Å². The molecule has 0 spiro atoms. The van der Waals surface area contributed by atoms with Gasteiger partial charge in [0.1, 0.15) is 6.61 Å². The number of para-hydroxylation sites is 1. The van der Waals surface area contributed by atoms with Crippen molar-refractivity contribution < 1.29 is 9.53 Å². The molecule has 6 nitrogen and oxygen atoms in total. The lowest BCUT2D eigenvalue weighted by atomic mass is 10.3. The van der Waals surface area contributed by atoms with Crippen LogP contribution in [-0.4, -0.2) is 29.1 Å². The Kier molecular flexibility index (Phi) is 7.77. The Morgan fingerprint density at radius 3 is 2.61 bits per heavy atom. The minimum absolute atomic E-state index is 0. The van der Waals surface area contributed by atoms with Gasteiger partial charge < -0.3 is 15.4 Å². The fourth-order valence-corrected chi connectivity index (χ4v) is 2.01. The van der Waals surface area contributed by atoms with E-state index in [1.165, 1.54) is 6.92 Å². The quantitative estimate of drug-likeness (QED) is 0.568. The Bertz CT molecular complexity index is 655. The standard InChI is InChI=1S/C15H17BrN4O2.ClH/c1-10-13(16)14(19-12-6-4-3-5-7-12)20-15(18-10)17-8-9-22-11(2)21;/h3-7H,8-9H2,1-2H3,(H2,17,18,19,20);1H. The summed E-state index contributed by atoms with van der Waals surface area (Å²) in [5, 5.41) is 6.27. The molecular formula is C15H18BrClN4O2. The number of hydrogen-bond acceptors (Lipinski definition) is 6. The van der Waals surface area contributed by atoms with Gasteiger partial charge in [-0.3, -0.25) is 4.79 Å². The summed E-state index contributed by atoms with van der Waals surface area (Å²) in [5.74, 6) is 0.848. The number of aromatic nitrogens is 2. The number of nitrogens with one attached hydrogen (secondary N) is 2. The zero-order chi connectivity index (χ0) is 15.9. The van der Waals surface area contributed by atoms with Crippen LogP contribution in [0.3, 0.4) is 0 Å². The van der Waals surface area contributed by atoms with Crippen LogP contribution in [0.4, 0.5) is 17.5 Å². The maximum atomic E-state index is 10.7.